The molecule has 0 spiro atoms. The van der Waals surface area contributed by atoms with E-state index >= 15 is 0 Å². The van der Waals surface area contributed by atoms with Gasteiger partial charge in [-0.25, -0.2) is 0 Å². The van der Waals surface area contributed by atoms with Crippen molar-refractivity contribution in [3.8, 4) is 0 Å². The molecule has 0 aliphatic carbocycles. The Morgan fingerprint density at radius 2 is 1.68 bits per heavy atom. The molecule has 3 aromatic rings. The highest BCUT2D eigenvalue weighted by atomic mass is 35.5. The lowest BCUT2D eigenvalue weighted by molar-refractivity contribution is -0.384. The van der Waals surface area contributed by atoms with Crippen LogP contribution in [-0.4, -0.2) is 16.6 Å². The number of hydrogen-bond acceptors (Lipinski definition) is 4. The van der Waals surface area contributed by atoms with Gasteiger partial charge in [-0.05, 0) is 25.1 Å². The molecule has 0 saturated heterocycles. The van der Waals surface area contributed by atoms with Gasteiger partial charge in [-0.2, -0.15) is 0 Å². The molecular weight excluding hydrogens is 380 g/mol. The molecule has 6 nitrogen and oxygen atoms in total. The fraction of sp³-hybridized carbons (Fsp3) is 0.0476. The number of amides is 1. The first kappa shape index (κ1) is 19.3. The maximum absolute atomic E-state index is 12.9. The van der Waals surface area contributed by atoms with Gasteiger partial charge in [0.05, 0.1) is 21.2 Å². The standard InChI is InChI=1S/C21H15ClN2O4/c1-13-7-10-19(17(11-13)20(25)14-5-3-2-4-6-14)23-21(26)16-12-15(24(27)28)8-9-18(16)22/h2-12H,1H3,(H,23,26). The van der Waals surface area contributed by atoms with Crippen LogP contribution in [0.3, 0.4) is 0 Å². The molecule has 0 aromatic heterocycles. The van der Waals surface area contributed by atoms with Crippen LogP contribution in [0.5, 0.6) is 0 Å². The number of aryl methyl sites for hydroxylation is 1. The van der Waals surface area contributed by atoms with Crippen LogP contribution in [0.4, 0.5) is 11.4 Å². The normalized spacial score (nSPS) is 10.4. The molecule has 140 valence electrons. The van der Waals surface area contributed by atoms with Crippen molar-refractivity contribution < 1.29 is 14.5 Å². The van der Waals surface area contributed by atoms with Gasteiger partial charge in [-0.1, -0.05) is 53.6 Å². The molecule has 0 aliphatic rings. The Balaban J connectivity index is 1.97. The number of nitrogens with zero attached hydrogens (tertiary/aromatic N) is 1. The first-order valence-electron chi connectivity index (χ1n) is 8.32. The van der Waals surface area contributed by atoms with Crippen LogP contribution in [0, 0.1) is 17.0 Å². The second-order valence-corrected chi connectivity index (χ2v) is 6.53. The Morgan fingerprint density at radius 1 is 0.964 bits per heavy atom. The van der Waals surface area contributed by atoms with E-state index < -0.39 is 10.8 Å². The Bertz CT molecular complexity index is 1080. The molecule has 1 N–H and O–H groups in total. The van der Waals surface area contributed by atoms with Crippen molar-refractivity contribution in [2.45, 2.75) is 6.92 Å². The Hall–Kier alpha value is -3.51. The lowest BCUT2D eigenvalue weighted by Gasteiger charge is -2.12. The zero-order valence-corrected chi connectivity index (χ0v) is 15.6. The minimum Gasteiger partial charge on any atom is -0.321 e. The SMILES string of the molecule is Cc1ccc(NC(=O)c2cc([N+](=O)[O-])ccc2Cl)c(C(=O)c2ccccc2)c1. The summed E-state index contributed by atoms with van der Waals surface area (Å²) in [4.78, 5) is 35.9. The van der Waals surface area contributed by atoms with Crippen LogP contribution < -0.4 is 5.32 Å². The molecule has 0 bridgehead atoms. The molecule has 28 heavy (non-hydrogen) atoms. The first-order valence-corrected chi connectivity index (χ1v) is 8.70. The summed E-state index contributed by atoms with van der Waals surface area (Å²) in [6, 6.07) is 17.4. The average Bonchev–Trinajstić information content (AvgIpc) is 2.69. The highest BCUT2D eigenvalue weighted by molar-refractivity contribution is 6.34. The number of carbonyl (C=O) groups excluding carboxylic acids is 2. The van der Waals surface area contributed by atoms with Crippen molar-refractivity contribution in [3.63, 3.8) is 0 Å². The monoisotopic (exact) mass is 394 g/mol. The number of nitro groups is 1. The number of halogens is 1. The molecule has 0 saturated carbocycles. The Morgan fingerprint density at radius 3 is 2.36 bits per heavy atom. The van der Waals surface area contributed by atoms with E-state index in [1.165, 1.54) is 12.1 Å². The fourth-order valence-corrected chi connectivity index (χ4v) is 2.89. The molecular formula is C21H15ClN2O4. The van der Waals surface area contributed by atoms with E-state index in [9.17, 15) is 19.7 Å². The number of non-ortho nitro benzene ring substituents is 1. The third-order valence-corrected chi connectivity index (χ3v) is 4.44. The van der Waals surface area contributed by atoms with Crippen molar-refractivity contribution in [2.24, 2.45) is 0 Å². The molecule has 7 heteroatoms. The maximum atomic E-state index is 12.9. The van der Waals surface area contributed by atoms with Crippen molar-refractivity contribution >= 4 is 34.7 Å². The van der Waals surface area contributed by atoms with Crippen LogP contribution in [0.25, 0.3) is 0 Å². The predicted octanol–water partition coefficient (Wildman–Crippen LogP) is 5.04. The van der Waals surface area contributed by atoms with Gasteiger partial charge < -0.3 is 5.32 Å². The number of hydrogen-bond donors (Lipinski definition) is 1. The quantitative estimate of drug-likeness (QED) is 0.373. The molecule has 0 fully saturated rings. The minimum absolute atomic E-state index is 0.0467. The van der Waals surface area contributed by atoms with E-state index in [2.05, 4.69) is 5.32 Å². The van der Waals surface area contributed by atoms with Crippen molar-refractivity contribution in [1.29, 1.82) is 0 Å². The van der Waals surface area contributed by atoms with Crippen LogP contribution in [0.2, 0.25) is 5.02 Å². The number of rotatable bonds is 5. The molecule has 1 amide bonds. The summed E-state index contributed by atoms with van der Waals surface area (Å²) >= 11 is 6.04. The Kier molecular flexibility index (Phi) is 5.52. The summed E-state index contributed by atoms with van der Waals surface area (Å²) in [6.45, 7) is 1.84. The lowest BCUT2D eigenvalue weighted by atomic mass is 9.99. The van der Waals surface area contributed by atoms with Crippen molar-refractivity contribution in [2.75, 3.05) is 5.32 Å². The molecule has 3 rings (SSSR count). The van der Waals surface area contributed by atoms with Gasteiger partial charge in [0.15, 0.2) is 5.78 Å². The van der Waals surface area contributed by atoms with E-state index in [-0.39, 0.29) is 22.1 Å². The molecule has 0 aliphatic heterocycles. The van der Waals surface area contributed by atoms with Crippen molar-refractivity contribution in [3.05, 3.63) is 104 Å². The largest absolute Gasteiger partial charge is 0.321 e. The topological polar surface area (TPSA) is 89.3 Å². The van der Waals surface area contributed by atoms with Crippen LogP contribution in [0.15, 0.2) is 66.7 Å². The number of nitrogens with one attached hydrogen (secondary N) is 1. The number of ketones is 1. The summed E-state index contributed by atoms with van der Waals surface area (Å²) in [5.74, 6) is -0.885. The smallest absolute Gasteiger partial charge is 0.270 e. The van der Waals surface area contributed by atoms with E-state index in [4.69, 9.17) is 11.6 Å². The summed E-state index contributed by atoms with van der Waals surface area (Å²) in [5, 5.41) is 13.7. The number of carbonyl (C=O) groups is 2. The first-order chi connectivity index (χ1) is 13.4. The number of anilines is 1. The predicted molar refractivity (Wildman–Crippen MR) is 107 cm³/mol. The third kappa shape index (κ3) is 4.07. The highest BCUT2D eigenvalue weighted by Gasteiger charge is 2.19. The highest BCUT2D eigenvalue weighted by Crippen LogP contribution is 2.26. The minimum atomic E-state index is -0.639. The molecule has 3 aromatic carbocycles. The zero-order valence-electron chi connectivity index (χ0n) is 14.8. The van der Waals surface area contributed by atoms with Gasteiger partial charge in [0.25, 0.3) is 11.6 Å². The second-order valence-electron chi connectivity index (χ2n) is 6.12. The van der Waals surface area contributed by atoms with E-state index in [0.717, 1.165) is 11.6 Å². The zero-order chi connectivity index (χ0) is 20.3. The van der Waals surface area contributed by atoms with E-state index in [0.29, 0.717) is 16.8 Å². The maximum Gasteiger partial charge on any atom is 0.270 e. The van der Waals surface area contributed by atoms with Gasteiger partial charge in [0.1, 0.15) is 0 Å². The molecule has 0 radical (unpaired) electrons. The van der Waals surface area contributed by atoms with Gasteiger partial charge in [-0.15, -0.1) is 0 Å². The van der Waals surface area contributed by atoms with Crippen LogP contribution >= 0.6 is 11.6 Å². The summed E-state index contributed by atoms with van der Waals surface area (Å²) < 4.78 is 0. The molecule has 0 unspecified atom stereocenters. The van der Waals surface area contributed by atoms with E-state index in [1.807, 2.05) is 6.92 Å². The molecule has 0 heterocycles. The average molecular weight is 395 g/mol. The fourth-order valence-electron chi connectivity index (χ4n) is 2.69. The molecule has 0 atom stereocenters. The Labute approximate surface area is 165 Å². The summed E-state index contributed by atoms with van der Waals surface area (Å²) in [7, 11) is 0. The second kappa shape index (κ2) is 8.02. The van der Waals surface area contributed by atoms with Gasteiger partial charge >= 0.3 is 0 Å². The van der Waals surface area contributed by atoms with Gasteiger partial charge in [-0.3, -0.25) is 19.7 Å². The third-order valence-electron chi connectivity index (χ3n) is 4.11. The summed E-state index contributed by atoms with van der Waals surface area (Å²) in [6.07, 6.45) is 0. The van der Waals surface area contributed by atoms with Crippen molar-refractivity contribution in [1.82, 2.24) is 0 Å². The number of nitro benzene ring substituents is 1. The van der Waals surface area contributed by atoms with Crippen LogP contribution in [0.1, 0.15) is 31.8 Å². The summed E-state index contributed by atoms with van der Waals surface area (Å²) in [5.41, 5.74) is 1.66. The van der Waals surface area contributed by atoms with E-state index in [1.54, 1.807) is 48.5 Å². The van der Waals surface area contributed by atoms with Gasteiger partial charge in [0.2, 0.25) is 0 Å². The van der Waals surface area contributed by atoms with Gasteiger partial charge in [0, 0.05) is 23.3 Å². The number of benzene rings is 3. The van der Waals surface area contributed by atoms with Crippen LogP contribution in [-0.2, 0) is 0 Å². The lowest BCUT2D eigenvalue weighted by Crippen LogP contribution is -2.16.